The van der Waals surface area contributed by atoms with Crippen molar-refractivity contribution in [1.29, 1.82) is 0 Å². The van der Waals surface area contributed by atoms with E-state index in [0.717, 1.165) is 0 Å². The molecule has 0 atom stereocenters. The van der Waals surface area contributed by atoms with Crippen molar-refractivity contribution in [3.63, 3.8) is 0 Å². The van der Waals surface area contributed by atoms with Crippen LogP contribution in [0.15, 0.2) is 45.9 Å². The van der Waals surface area contributed by atoms with Gasteiger partial charge in [0.1, 0.15) is 0 Å². The molecule has 2 aromatic heterocycles. The molecule has 2 aromatic rings. The van der Waals surface area contributed by atoms with Crippen LogP contribution in [0.25, 0.3) is 0 Å². The molecule has 102 valence electrons. The zero-order chi connectivity index (χ0) is 14.5. The molecule has 0 spiro atoms. The summed E-state index contributed by atoms with van der Waals surface area (Å²) >= 11 is 6.39. The van der Waals surface area contributed by atoms with E-state index in [4.69, 9.17) is 0 Å². The van der Waals surface area contributed by atoms with Crippen LogP contribution in [0.4, 0.5) is 10.5 Å². The molecule has 0 aliphatic carbocycles. The van der Waals surface area contributed by atoms with Gasteiger partial charge in [0.25, 0.3) is 0 Å². The van der Waals surface area contributed by atoms with Gasteiger partial charge in [-0.3, -0.25) is 15.3 Å². The molecule has 6 nitrogen and oxygen atoms in total. The van der Waals surface area contributed by atoms with Crippen molar-refractivity contribution in [3.05, 3.63) is 51.4 Å². The second kappa shape index (κ2) is 6.58. The molecule has 0 radical (unpaired) electrons. The van der Waals surface area contributed by atoms with Gasteiger partial charge < -0.3 is 4.74 Å². The largest absolute Gasteiger partial charge is 0.419 e. The predicted octanol–water partition coefficient (Wildman–Crippen LogP) is 3.39. The van der Waals surface area contributed by atoms with E-state index in [-0.39, 0.29) is 5.56 Å². The van der Waals surface area contributed by atoms with Gasteiger partial charge in [-0.05, 0) is 44.0 Å². The van der Waals surface area contributed by atoms with Crippen LogP contribution in [0.5, 0.6) is 0 Å². The maximum absolute atomic E-state index is 11.7. The normalized spacial score (nSPS) is 9.90. The molecule has 1 N–H and O–H groups in total. The Balaban J connectivity index is 1.99. The molecular formula is C12H7Br2N3O3. The highest BCUT2D eigenvalue weighted by molar-refractivity contribution is 9.10. The Morgan fingerprint density at radius 2 is 1.65 bits per heavy atom. The van der Waals surface area contributed by atoms with Gasteiger partial charge in [-0.15, -0.1) is 0 Å². The van der Waals surface area contributed by atoms with Gasteiger partial charge in [-0.25, -0.2) is 9.59 Å². The first-order valence-electron chi connectivity index (χ1n) is 5.29. The second-order valence-electron chi connectivity index (χ2n) is 3.59. The number of ether oxygens (including phenoxy) is 1. The van der Waals surface area contributed by atoms with Crippen LogP contribution < -0.4 is 5.32 Å². The molecular weight excluding hydrogens is 394 g/mol. The number of hydrogen-bond donors (Lipinski definition) is 1. The monoisotopic (exact) mass is 399 g/mol. The molecule has 0 fully saturated rings. The van der Waals surface area contributed by atoms with Crippen LogP contribution >= 0.6 is 31.9 Å². The lowest BCUT2D eigenvalue weighted by molar-refractivity contribution is 0.0645. The molecule has 0 aliphatic rings. The van der Waals surface area contributed by atoms with Gasteiger partial charge in [0.2, 0.25) is 0 Å². The lowest BCUT2D eigenvalue weighted by atomic mass is 10.3. The number of carbonyl (C=O) groups excluding carboxylic acids is 2. The number of nitrogens with zero attached hydrogens (tertiary/aromatic N) is 2. The molecule has 0 unspecified atom stereocenters. The Kier molecular flexibility index (Phi) is 4.80. The van der Waals surface area contributed by atoms with Crippen molar-refractivity contribution < 1.29 is 14.3 Å². The zero-order valence-electron chi connectivity index (χ0n) is 9.84. The lowest BCUT2D eigenvalue weighted by Crippen LogP contribution is -2.18. The highest BCUT2D eigenvalue weighted by Gasteiger charge is 2.14. The van der Waals surface area contributed by atoms with E-state index in [2.05, 4.69) is 51.9 Å². The van der Waals surface area contributed by atoms with E-state index in [1.165, 1.54) is 24.7 Å². The fourth-order valence-electron chi connectivity index (χ4n) is 1.29. The number of aromatic nitrogens is 2. The summed E-state index contributed by atoms with van der Waals surface area (Å²) in [5.74, 6) is -0.792. The number of esters is 1. The highest BCUT2D eigenvalue weighted by Crippen LogP contribution is 2.14. The predicted molar refractivity (Wildman–Crippen MR) is 78.3 cm³/mol. The Labute approximate surface area is 130 Å². The number of pyridine rings is 2. The Morgan fingerprint density at radius 1 is 1.00 bits per heavy atom. The van der Waals surface area contributed by atoms with Gasteiger partial charge in [0, 0.05) is 27.5 Å². The smallest absolute Gasteiger partial charge is 0.372 e. The Bertz CT molecular complexity index is 664. The summed E-state index contributed by atoms with van der Waals surface area (Å²) in [4.78, 5) is 30.9. The standard InChI is InChI=1S/C12H7Br2N3O3/c13-8-1-7(3-15-4-8)11(18)20-12(19)17-10-2-9(14)5-16-6-10/h1-6H,(H,17,19). The fourth-order valence-corrected chi connectivity index (χ4v) is 2.02. The minimum absolute atomic E-state index is 0.168. The summed E-state index contributed by atoms with van der Waals surface area (Å²) in [6.07, 6.45) is 4.92. The van der Waals surface area contributed by atoms with Gasteiger partial charge >= 0.3 is 12.1 Å². The third-order valence-electron chi connectivity index (χ3n) is 2.08. The van der Waals surface area contributed by atoms with E-state index in [9.17, 15) is 9.59 Å². The summed E-state index contributed by atoms with van der Waals surface area (Å²) in [7, 11) is 0. The second-order valence-corrected chi connectivity index (χ2v) is 5.42. The molecule has 8 heteroatoms. The first-order valence-corrected chi connectivity index (χ1v) is 6.87. The third-order valence-corrected chi connectivity index (χ3v) is 2.94. The van der Waals surface area contributed by atoms with Crippen molar-refractivity contribution in [2.75, 3.05) is 5.32 Å². The summed E-state index contributed by atoms with van der Waals surface area (Å²) in [6.45, 7) is 0. The fraction of sp³-hybridized carbons (Fsp3) is 0. The summed E-state index contributed by atoms with van der Waals surface area (Å²) in [5.41, 5.74) is 0.575. The maximum Gasteiger partial charge on any atom is 0.419 e. The summed E-state index contributed by atoms with van der Waals surface area (Å²) < 4.78 is 5.95. The van der Waals surface area contributed by atoms with Gasteiger partial charge in [-0.1, -0.05) is 0 Å². The van der Waals surface area contributed by atoms with Gasteiger partial charge in [0.15, 0.2) is 0 Å². The Morgan fingerprint density at radius 3 is 2.30 bits per heavy atom. The first kappa shape index (κ1) is 14.6. The summed E-state index contributed by atoms with van der Waals surface area (Å²) in [5, 5.41) is 2.39. The van der Waals surface area contributed by atoms with Crippen LogP contribution in [-0.2, 0) is 4.74 Å². The Hall–Kier alpha value is -1.80. The zero-order valence-corrected chi connectivity index (χ0v) is 13.0. The van der Waals surface area contributed by atoms with Gasteiger partial charge in [-0.2, -0.15) is 0 Å². The van der Waals surface area contributed by atoms with Crippen molar-refractivity contribution in [2.45, 2.75) is 0 Å². The van der Waals surface area contributed by atoms with Crippen molar-refractivity contribution in [2.24, 2.45) is 0 Å². The van der Waals surface area contributed by atoms with E-state index in [0.29, 0.717) is 14.6 Å². The molecule has 0 bridgehead atoms. The minimum atomic E-state index is -0.894. The number of hydrogen-bond acceptors (Lipinski definition) is 5. The number of amides is 1. The molecule has 0 saturated heterocycles. The molecule has 20 heavy (non-hydrogen) atoms. The van der Waals surface area contributed by atoms with Crippen LogP contribution in [0.3, 0.4) is 0 Å². The van der Waals surface area contributed by atoms with Gasteiger partial charge in [0.05, 0.1) is 17.4 Å². The lowest BCUT2D eigenvalue weighted by Gasteiger charge is -2.05. The average molecular weight is 401 g/mol. The molecule has 0 aliphatic heterocycles. The number of halogens is 2. The van der Waals surface area contributed by atoms with E-state index >= 15 is 0 Å². The van der Waals surface area contributed by atoms with Crippen LogP contribution in [0.2, 0.25) is 0 Å². The van der Waals surface area contributed by atoms with Crippen LogP contribution in [-0.4, -0.2) is 22.0 Å². The molecule has 2 rings (SSSR count). The molecule has 0 saturated carbocycles. The van der Waals surface area contributed by atoms with Crippen LogP contribution in [0, 0.1) is 0 Å². The van der Waals surface area contributed by atoms with E-state index in [1.807, 2.05) is 0 Å². The van der Waals surface area contributed by atoms with Crippen LogP contribution in [0.1, 0.15) is 10.4 Å². The quantitative estimate of drug-likeness (QED) is 0.617. The molecule has 0 aromatic carbocycles. The molecule has 1 amide bonds. The van der Waals surface area contributed by atoms with E-state index in [1.54, 1.807) is 12.3 Å². The van der Waals surface area contributed by atoms with Crippen molar-refractivity contribution >= 4 is 49.6 Å². The first-order chi connectivity index (χ1) is 9.54. The topological polar surface area (TPSA) is 81.2 Å². The third kappa shape index (κ3) is 4.10. The van der Waals surface area contributed by atoms with Crippen molar-refractivity contribution in [1.82, 2.24) is 9.97 Å². The minimum Gasteiger partial charge on any atom is -0.372 e. The van der Waals surface area contributed by atoms with Crippen molar-refractivity contribution in [3.8, 4) is 0 Å². The molecule has 2 heterocycles. The number of carbonyl (C=O) groups is 2. The maximum atomic E-state index is 11.7. The number of nitrogens with one attached hydrogen (secondary N) is 1. The number of rotatable bonds is 2. The average Bonchev–Trinajstić information content (AvgIpc) is 2.38. The van der Waals surface area contributed by atoms with E-state index < -0.39 is 12.1 Å². The number of anilines is 1. The SMILES string of the molecule is O=C(Nc1cncc(Br)c1)OC(=O)c1cncc(Br)c1. The summed E-state index contributed by atoms with van der Waals surface area (Å²) in [6, 6.07) is 3.13. The highest BCUT2D eigenvalue weighted by atomic mass is 79.9.